The maximum Gasteiger partial charge on any atom is 0.344 e. The number of piperazine rings is 1. The Morgan fingerprint density at radius 1 is 0.889 bits per heavy atom. The molecule has 2 aromatic rings. The van der Waals surface area contributed by atoms with Gasteiger partial charge in [0.25, 0.3) is 5.91 Å². The second kappa shape index (κ2) is 9.28. The van der Waals surface area contributed by atoms with E-state index in [0.29, 0.717) is 23.9 Å². The van der Waals surface area contributed by atoms with Crippen LogP contribution in [0.25, 0.3) is 0 Å². The van der Waals surface area contributed by atoms with Gasteiger partial charge in [-0.25, -0.2) is 4.79 Å². The molecule has 0 aromatic heterocycles. The summed E-state index contributed by atoms with van der Waals surface area (Å²) in [5.41, 5.74) is 1.15. The van der Waals surface area contributed by atoms with E-state index in [-0.39, 0.29) is 19.1 Å². The number of para-hydroxylation sites is 2. The fourth-order valence-electron chi connectivity index (χ4n) is 2.83. The van der Waals surface area contributed by atoms with Gasteiger partial charge >= 0.3 is 5.97 Å². The van der Waals surface area contributed by atoms with Crippen LogP contribution in [0, 0.1) is 0 Å². The van der Waals surface area contributed by atoms with E-state index in [1.807, 2.05) is 18.2 Å². The van der Waals surface area contributed by atoms with Gasteiger partial charge in [0.2, 0.25) is 0 Å². The van der Waals surface area contributed by atoms with Crippen molar-refractivity contribution in [2.24, 2.45) is 0 Å². The van der Waals surface area contributed by atoms with Crippen molar-refractivity contribution in [3.05, 3.63) is 59.6 Å². The molecular weight excluding hydrogens is 368 g/mol. The third kappa shape index (κ3) is 5.37. The summed E-state index contributed by atoms with van der Waals surface area (Å²) in [7, 11) is 0. The molecular formula is C20H21ClN2O4. The number of benzene rings is 2. The van der Waals surface area contributed by atoms with Gasteiger partial charge in [-0.2, -0.15) is 0 Å². The number of esters is 1. The first-order chi connectivity index (χ1) is 13.1. The average molecular weight is 389 g/mol. The van der Waals surface area contributed by atoms with E-state index in [1.54, 1.807) is 29.2 Å². The highest BCUT2D eigenvalue weighted by atomic mass is 35.5. The lowest BCUT2D eigenvalue weighted by molar-refractivity contribution is -0.153. The highest BCUT2D eigenvalue weighted by molar-refractivity contribution is 6.32. The zero-order valence-electron chi connectivity index (χ0n) is 14.8. The Morgan fingerprint density at radius 2 is 1.56 bits per heavy atom. The van der Waals surface area contributed by atoms with Crippen molar-refractivity contribution < 1.29 is 19.1 Å². The Balaban J connectivity index is 1.38. The number of carbonyl (C=O) groups excluding carboxylic acids is 2. The molecule has 0 unspecified atom stereocenters. The van der Waals surface area contributed by atoms with Gasteiger partial charge in [0.15, 0.2) is 13.2 Å². The van der Waals surface area contributed by atoms with E-state index in [2.05, 4.69) is 17.0 Å². The van der Waals surface area contributed by atoms with E-state index in [1.165, 1.54) is 0 Å². The number of carbonyl (C=O) groups is 2. The largest absolute Gasteiger partial charge is 0.480 e. The molecule has 0 atom stereocenters. The Labute approximate surface area is 163 Å². The van der Waals surface area contributed by atoms with Gasteiger partial charge in [-0.05, 0) is 24.3 Å². The molecule has 1 aliphatic heterocycles. The minimum atomic E-state index is -0.605. The Bertz CT molecular complexity index is 777. The zero-order valence-corrected chi connectivity index (χ0v) is 15.6. The minimum absolute atomic E-state index is 0.200. The summed E-state index contributed by atoms with van der Waals surface area (Å²) >= 11 is 5.95. The summed E-state index contributed by atoms with van der Waals surface area (Å²) in [6.07, 6.45) is 0. The summed E-state index contributed by atoms with van der Waals surface area (Å²) in [5, 5.41) is 0.415. The van der Waals surface area contributed by atoms with Crippen LogP contribution < -0.4 is 9.64 Å². The lowest BCUT2D eigenvalue weighted by Crippen LogP contribution is -2.50. The second-order valence-electron chi connectivity index (χ2n) is 6.08. The summed E-state index contributed by atoms with van der Waals surface area (Å²) < 4.78 is 10.3. The predicted octanol–water partition coefficient (Wildman–Crippen LogP) is 2.61. The number of rotatable bonds is 6. The fourth-order valence-corrected chi connectivity index (χ4v) is 3.02. The summed E-state index contributed by atoms with van der Waals surface area (Å²) in [5.74, 6) is -0.403. The van der Waals surface area contributed by atoms with Crippen molar-refractivity contribution in [3.63, 3.8) is 0 Å². The molecule has 7 heteroatoms. The molecule has 0 spiro atoms. The maximum atomic E-state index is 12.2. The third-order valence-electron chi connectivity index (χ3n) is 4.29. The molecule has 3 rings (SSSR count). The molecule has 1 fully saturated rings. The van der Waals surface area contributed by atoms with Gasteiger partial charge in [0, 0.05) is 31.9 Å². The molecule has 0 saturated carbocycles. The maximum absolute atomic E-state index is 12.2. The van der Waals surface area contributed by atoms with Crippen LogP contribution in [0.5, 0.6) is 5.75 Å². The van der Waals surface area contributed by atoms with Crippen molar-refractivity contribution in [1.82, 2.24) is 4.90 Å². The Kier molecular flexibility index (Phi) is 6.54. The zero-order chi connectivity index (χ0) is 19.1. The lowest BCUT2D eigenvalue weighted by atomic mass is 10.2. The van der Waals surface area contributed by atoms with E-state index in [0.717, 1.165) is 18.8 Å². The quantitative estimate of drug-likeness (QED) is 0.712. The molecule has 1 amide bonds. The number of nitrogens with zero attached hydrogens (tertiary/aromatic N) is 2. The highest BCUT2D eigenvalue weighted by Crippen LogP contribution is 2.22. The summed E-state index contributed by atoms with van der Waals surface area (Å²) in [6, 6.07) is 16.9. The molecule has 1 aliphatic rings. The van der Waals surface area contributed by atoms with Crippen molar-refractivity contribution >= 4 is 29.2 Å². The van der Waals surface area contributed by atoms with Gasteiger partial charge in [-0.1, -0.05) is 41.9 Å². The van der Waals surface area contributed by atoms with E-state index in [9.17, 15) is 9.59 Å². The number of amides is 1. The fraction of sp³-hybridized carbons (Fsp3) is 0.300. The molecule has 27 heavy (non-hydrogen) atoms. The van der Waals surface area contributed by atoms with Gasteiger partial charge in [0.05, 0.1) is 5.02 Å². The first kappa shape index (κ1) is 19.0. The van der Waals surface area contributed by atoms with Gasteiger partial charge < -0.3 is 19.3 Å². The summed E-state index contributed by atoms with van der Waals surface area (Å²) in [4.78, 5) is 28.0. The van der Waals surface area contributed by atoms with Crippen LogP contribution in [-0.4, -0.2) is 56.2 Å². The highest BCUT2D eigenvalue weighted by Gasteiger charge is 2.22. The van der Waals surface area contributed by atoms with Crippen molar-refractivity contribution in [1.29, 1.82) is 0 Å². The molecule has 2 aromatic carbocycles. The first-order valence-corrected chi connectivity index (χ1v) is 9.12. The molecule has 0 aliphatic carbocycles. The van der Waals surface area contributed by atoms with Crippen molar-refractivity contribution in [3.8, 4) is 5.75 Å². The second-order valence-corrected chi connectivity index (χ2v) is 6.49. The van der Waals surface area contributed by atoms with E-state index < -0.39 is 5.97 Å². The number of anilines is 1. The third-order valence-corrected chi connectivity index (χ3v) is 4.60. The molecule has 0 bridgehead atoms. The number of hydrogen-bond acceptors (Lipinski definition) is 5. The molecule has 0 N–H and O–H groups in total. The van der Waals surface area contributed by atoms with Crippen LogP contribution in [0.4, 0.5) is 5.69 Å². The van der Waals surface area contributed by atoms with Crippen LogP contribution in [0.1, 0.15) is 0 Å². The van der Waals surface area contributed by atoms with Crippen LogP contribution in [0.3, 0.4) is 0 Å². The van der Waals surface area contributed by atoms with Crippen molar-refractivity contribution in [2.45, 2.75) is 0 Å². The first-order valence-electron chi connectivity index (χ1n) is 8.74. The number of ether oxygens (including phenoxy) is 2. The van der Waals surface area contributed by atoms with Crippen molar-refractivity contribution in [2.75, 3.05) is 44.3 Å². The topological polar surface area (TPSA) is 59.1 Å². The molecule has 1 saturated heterocycles. The average Bonchev–Trinajstić information content (AvgIpc) is 2.72. The lowest BCUT2D eigenvalue weighted by Gasteiger charge is -2.36. The smallest absolute Gasteiger partial charge is 0.344 e. The number of hydrogen-bond donors (Lipinski definition) is 0. The standard InChI is InChI=1S/C20H21ClN2O4/c21-17-8-4-5-9-18(17)26-15-20(25)27-14-19(24)23-12-10-22(11-13-23)16-6-2-1-3-7-16/h1-9H,10-15H2. The van der Waals surface area contributed by atoms with Crippen LogP contribution in [0.2, 0.25) is 5.02 Å². The summed E-state index contributed by atoms with van der Waals surface area (Å²) in [6.45, 7) is 2.12. The van der Waals surface area contributed by atoms with Crippen LogP contribution >= 0.6 is 11.6 Å². The van der Waals surface area contributed by atoms with Crippen LogP contribution in [-0.2, 0) is 14.3 Å². The molecule has 1 heterocycles. The van der Waals surface area contributed by atoms with Gasteiger partial charge in [-0.3, -0.25) is 4.79 Å². The normalized spacial score (nSPS) is 14.0. The van der Waals surface area contributed by atoms with Gasteiger partial charge in [-0.15, -0.1) is 0 Å². The Hall–Kier alpha value is -2.73. The van der Waals surface area contributed by atoms with E-state index in [4.69, 9.17) is 21.1 Å². The monoisotopic (exact) mass is 388 g/mol. The molecule has 142 valence electrons. The SMILES string of the molecule is O=C(COc1ccccc1Cl)OCC(=O)N1CCN(c2ccccc2)CC1. The van der Waals surface area contributed by atoms with E-state index >= 15 is 0 Å². The van der Waals surface area contributed by atoms with Crippen LogP contribution in [0.15, 0.2) is 54.6 Å². The Morgan fingerprint density at radius 3 is 2.26 bits per heavy atom. The minimum Gasteiger partial charge on any atom is -0.480 e. The molecule has 0 radical (unpaired) electrons. The predicted molar refractivity (Wildman–Crippen MR) is 103 cm³/mol. The van der Waals surface area contributed by atoms with Gasteiger partial charge in [0.1, 0.15) is 5.75 Å². The molecule has 6 nitrogen and oxygen atoms in total. The number of halogens is 1.